The number of hydrogen-bond donors (Lipinski definition) is 0. The van der Waals surface area contributed by atoms with Gasteiger partial charge in [-0.25, -0.2) is 0 Å². The molecule has 0 bridgehead atoms. The Morgan fingerprint density at radius 1 is 1.29 bits per heavy atom. The van der Waals surface area contributed by atoms with Crippen molar-refractivity contribution in [1.29, 1.82) is 0 Å². The Morgan fingerprint density at radius 3 is 2.71 bits per heavy atom. The summed E-state index contributed by atoms with van der Waals surface area (Å²) in [5.41, 5.74) is 1.73. The van der Waals surface area contributed by atoms with Crippen LogP contribution in [0.1, 0.15) is 26.2 Å². The van der Waals surface area contributed by atoms with Crippen LogP contribution in [0.2, 0.25) is 0 Å². The summed E-state index contributed by atoms with van der Waals surface area (Å²) in [6.07, 6.45) is 6.76. The van der Waals surface area contributed by atoms with Crippen LogP contribution in [0.5, 0.6) is 0 Å². The quantitative estimate of drug-likeness (QED) is 0.638. The highest BCUT2D eigenvalue weighted by atomic mass is 16.6. The highest BCUT2D eigenvalue weighted by Crippen LogP contribution is 2.22. The van der Waals surface area contributed by atoms with Crippen molar-refractivity contribution >= 4 is 11.6 Å². The Hall–Kier alpha value is -2.70. The molecule has 1 fully saturated rings. The van der Waals surface area contributed by atoms with Crippen molar-refractivity contribution in [3.63, 3.8) is 0 Å². The number of aromatic nitrogens is 2. The van der Waals surface area contributed by atoms with Gasteiger partial charge in [0, 0.05) is 36.5 Å². The first kappa shape index (κ1) is 16.2. The first-order chi connectivity index (χ1) is 11.5. The average Bonchev–Trinajstić information content (AvgIpc) is 3.03. The van der Waals surface area contributed by atoms with Crippen molar-refractivity contribution in [2.45, 2.75) is 38.8 Å². The van der Waals surface area contributed by atoms with E-state index in [-0.39, 0.29) is 24.2 Å². The second kappa shape index (κ2) is 6.82. The summed E-state index contributed by atoms with van der Waals surface area (Å²) in [6.45, 7) is 3.12. The fraction of sp³-hybridized carbons (Fsp3) is 0.412. The number of nitro groups is 1. The van der Waals surface area contributed by atoms with Crippen molar-refractivity contribution in [3.05, 3.63) is 46.8 Å². The number of likely N-dealkylation sites (tertiary alicyclic amines) is 1. The third-order valence-corrected chi connectivity index (χ3v) is 4.47. The predicted molar refractivity (Wildman–Crippen MR) is 89.3 cm³/mol. The van der Waals surface area contributed by atoms with Gasteiger partial charge in [-0.2, -0.15) is 5.10 Å². The zero-order valence-corrected chi connectivity index (χ0v) is 13.6. The van der Waals surface area contributed by atoms with Gasteiger partial charge in [0.2, 0.25) is 5.91 Å². The summed E-state index contributed by atoms with van der Waals surface area (Å²) in [7, 11) is 0. The Kier molecular flexibility index (Phi) is 4.59. The molecule has 2 heterocycles. The maximum absolute atomic E-state index is 12.4. The normalized spacial score (nSPS) is 17.7. The molecule has 1 unspecified atom stereocenters. The lowest BCUT2D eigenvalue weighted by atomic mass is 10.0. The molecule has 0 spiro atoms. The van der Waals surface area contributed by atoms with Crippen LogP contribution in [0.3, 0.4) is 0 Å². The number of rotatable bonds is 4. The number of hydrogen-bond acceptors (Lipinski definition) is 4. The minimum Gasteiger partial charge on any atom is -0.338 e. The Morgan fingerprint density at radius 2 is 2.04 bits per heavy atom. The van der Waals surface area contributed by atoms with Crippen LogP contribution in [-0.4, -0.2) is 38.1 Å². The second-order valence-corrected chi connectivity index (χ2v) is 6.16. The van der Waals surface area contributed by atoms with E-state index in [1.165, 1.54) is 18.6 Å². The Balaban J connectivity index is 1.69. The van der Waals surface area contributed by atoms with Gasteiger partial charge in [0.1, 0.15) is 6.54 Å². The van der Waals surface area contributed by atoms with Crippen LogP contribution in [0, 0.1) is 10.1 Å². The van der Waals surface area contributed by atoms with Gasteiger partial charge in [-0.3, -0.25) is 19.6 Å². The first-order valence-corrected chi connectivity index (χ1v) is 8.11. The molecule has 1 amide bonds. The van der Waals surface area contributed by atoms with Crippen molar-refractivity contribution in [2.75, 3.05) is 6.54 Å². The summed E-state index contributed by atoms with van der Waals surface area (Å²) in [5, 5.41) is 14.9. The van der Waals surface area contributed by atoms with E-state index in [2.05, 4.69) is 12.0 Å². The van der Waals surface area contributed by atoms with Crippen LogP contribution in [0.4, 0.5) is 5.69 Å². The van der Waals surface area contributed by atoms with Crippen molar-refractivity contribution in [3.8, 4) is 11.1 Å². The number of non-ortho nitro benzene ring substituents is 1. The van der Waals surface area contributed by atoms with Gasteiger partial charge in [0.05, 0.1) is 11.1 Å². The van der Waals surface area contributed by atoms with Gasteiger partial charge >= 0.3 is 0 Å². The molecule has 7 nitrogen and oxygen atoms in total. The highest BCUT2D eigenvalue weighted by molar-refractivity contribution is 5.76. The summed E-state index contributed by atoms with van der Waals surface area (Å²) >= 11 is 0. The molecule has 2 aromatic rings. The van der Waals surface area contributed by atoms with Crippen molar-refractivity contribution in [2.24, 2.45) is 0 Å². The van der Waals surface area contributed by atoms with Gasteiger partial charge in [-0.05, 0) is 43.9 Å². The van der Waals surface area contributed by atoms with Crippen LogP contribution < -0.4 is 0 Å². The summed E-state index contributed by atoms with van der Waals surface area (Å²) in [6, 6.07) is 6.60. The fourth-order valence-electron chi connectivity index (χ4n) is 3.07. The molecule has 1 aromatic heterocycles. The number of piperidine rings is 1. The molecular weight excluding hydrogens is 308 g/mol. The molecule has 1 aliphatic rings. The molecule has 0 saturated carbocycles. The Bertz CT molecular complexity index is 739. The molecule has 0 N–H and O–H groups in total. The standard InChI is InChI=1S/C17H20N4O3/c1-13-4-2-3-9-20(13)17(22)12-19-11-15(10-18-19)14-5-7-16(8-6-14)21(23)24/h5-8,10-11,13H,2-4,9,12H2,1H3. The fourth-order valence-corrected chi connectivity index (χ4v) is 3.07. The second-order valence-electron chi connectivity index (χ2n) is 6.16. The van der Waals surface area contributed by atoms with E-state index in [1.807, 2.05) is 4.90 Å². The van der Waals surface area contributed by atoms with Crippen LogP contribution in [-0.2, 0) is 11.3 Å². The summed E-state index contributed by atoms with van der Waals surface area (Å²) < 4.78 is 1.63. The molecule has 1 atom stereocenters. The van der Waals surface area contributed by atoms with Crippen LogP contribution in [0.15, 0.2) is 36.7 Å². The zero-order chi connectivity index (χ0) is 17.1. The van der Waals surface area contributed by atoms with Gasteiger partial charge in [0.25, 0.3) is 5.69 Å². The lowest BCUT2D eigenvalue weighted by Crippen LogP contribution is -2.43. The van der Waals surface area contributed by atoms with Gasteiger partial charge in [-0.1, -0.05) is 0 Å². The van der Waals surface area contributed by atoms with E-state index in [4.69, 9.17) is 0 Å². The third kappa shape index (κ3) is 3.45. The van der Waals surface area contributed by atoms with Crippen LogP contribution in [0.25, 0.3) is 11.1 Å². The maximum atomic E-state index is 12.4. The topological polar surface area (TPSA) is 81.3 Å². The first-order valence-electron chi connectivity index (χ1n) is 8.11. The third-order valence-electron chi connectivity index (χ3n) is 4.47. The number of nitrogens with zero attached hydrogens (tertiary/aromatic N) is 4. The van der Waals surface area contributed by atoms with Crippen molar-refractivity contribution < 1.29 is 9.72 Å². The molecule has 0 radical (unpaired) electrons. The van der Waals surface area contributed by atoms with E-state index >= 15 is 0 Å². The summed E-state index contributed by atoms with van der Waals surface area (Å²) in [4.78, 5) is 24.6. The molecule has 1 aliphatic heterocycles. The minimum atomic E-state index is -0.425. The smallest absolute Gasteiger partial charge is 0.269 e. The summed E-state index contributed by atoms with van der Waals surface area (Å²) in [5.74, 6) is 0.0838. The van der Waals surface area contributed by atoms with Crippen molar-refractivity contribution in [1.82, 2.24) is 14.7 Å². The zero-order valence-electron chi connectivity index (χ0n) is 13.6. The van der Waals surface area contributed by atoms with Crippen LogP contribution >= 0.6 is 0 Å². The lowest BCUT2D eigenvalue weighted by Gasteiger charge is -2.33. The van der Waals surface area contributed by atoms with Gasteiger partial charge < -0.3 is 4.90 Å². The predicted octanol–water partition coefficient (Wildman–Crippen LogP) is 2.86. The molecule has 24 heavy (non-hydrogen) atoms. The monoisotopic (exact) mass is 328 g/mol. The molecule has 1 aromatic carbocycles. The number of carbonyl (C=O) groups excluding carboxylic acids is 1. The van der Waals surface area contributed by atoms with E-state index in [0.717, 1.165) is 30.5 Å². The van der Waals surface area contributed by atoms with Gasteiger partial charge in [0.15, 0.2) is 0 Å². The highest BCUT2D eigenvalue weighted by Gasteiger charge is 2.23. The SMILES string of the molecule is CC1CCCCN1C(=O)Cn1cc(-c2ccc([N+](=O)[O-])cc2)cn1. The molecule has 0 aliphatic carbocycles. The van der Waals surface area contributed by atoms with E-state index in [1.54, 1.807) is 29.2 Å². The number of benzene rings is 1. The van der Waals surface area contributed by atoms with Gasteiger partial charge in [-0.15, -0.1) is 0 Å². The molecular formula is C17H20N4O3. The number of nitro benzene ring substituents is 1. The minimum absolute atomic E-state index is 0.0559. The van der Waals surface area contributed by atoms with E-state index in [0.29, 0.717) is 0 Å². The van der Waals surface area contributed by atoms with E-state index in [9.17, 15) is 14.9 Å². The Labute approximate surface area is 140 Å². The molecule has 3 rings (SSSR count). The molecule has 7 heteroatoms. The largest absolute Gasteiger partial charge is 0.338 e. The average molecular weight is 328 g/mol. The molecule has 1 saturated heterocycles. The number of amides is 1. The number of carbonyl (C=O) groups is 1. The van der Waals surface area contributed by atoms with E-state index < -0.39 is 4.92 Å². The molecule has 126 valence electrons. The lowest BCUT2D eigenvalue weighted by molar-refractivity contribution is -0.384. The maximum Gasteiger partial charge on any atom is 0.269 e.